The molecular weight excluding hydrogens is 328 g/mol. The monoisotopic (exact) mass is 372 g/mol. The molecule has 0 amide bonds. The van der Waals surface area contributed by atoms with E-state index >= 15 is 0 Å². The van der Waals surface area contributed by atoms with Crippen LogP contribution in [0.15, 0.2) is 18.2 Å². The molecule has 0 aliphatic rings. The Labute approximate surface area is 162 Å². The number of ether oxygens (including phenoxy) is 1. The Morgan fingerprint density at radius 3 is 1.65 bits per heavy atom. The number of benzene rings is 1. The van der Waals surface area contributed by atoms with Gasteiger partial charge in [0.05, 0.1) is 7.11 Å². The topological polar surface area (TPSA) is 69.9 Å². The van der Waals surface area contributed by atoms with Gasteiger partial charge in [-0.1, -0.05) is 67.5 Å². The minimum atomic E-state index is 0.0972. The lowest BCUT2D eigenvalue weighted by atomic mass is 9.84. The molecule has 0 saturated carbocycles. The molecule has 1 aromatic rings. The zero-order chi connectivity index (χ0) is 21.6. The van der Waals surface area contributed by atoms with E-state index in [-0.39, 0.29) is 17.4 Å². The van der Waals surface area contributed by atoms with Gasteiger partial charge in [0.1, 0.15) is 5.75 Å². The molecule has 0 fully saturated rings. The van der Waals surface area contributed by atoms with Gasteiger partial charge in [0.15, 0.2) is 0 Å². The first-order valence-electron chi connectivity index (χ1n) is 9.15. The van der Waals surface area contributed by atoms with Crippen LogP contribution in [0.3, 0.4) is 0 Å². The molecule has 0 bridgehead atoms. The van der Waals surface area contributed by atoms with Crippen LogP contribution in [0.4, 0.5) is 0 Å². The van der Waals surface area contributed by atoms with E-state index in [1.807, 2.05) is 20.8 Å². The van der Waals surface area contributed by atoms with E-state index < -0.39 is 0 Å². The second kappa shape index (κ2) is 15.0. The molecule has 1 rings (SSSR count). The number of aliphatic hydroxyl groups excluding tert-OH is 3. The molecule has 1 aromatic carbocycles. The van der Waals surface area contributed by atoms with Gasteiger partial charge in [-0.3, -0.25) is 0 Å². The zero-order valence-corrected chi connectivity index (χ0v) is 19.0. The van der Waals surface area contributed by atoms with E-state index in [1.54, 1.807) is 7.11 Å². The van der Waals surface area contributed by atoms with Gasteiger partial charge >= 0.3 is 0 Å². The van der Waals surface area contributed by atoms with Crippen LogP contribution in [0, 0.1) is 5.41 Å². The standard InChI is InChI=1S/C15H24O.C5H12O.2CH4O/c1-7-11(2)12-8-9-13(15(3,4)5)14(10-12)16-6;1-5(2,3)4-6;2*1-2/h8-11H,7H2,1-6H3;6H,4H2,1-3H3;2*2H,1H3. The van der Waals surface area contributed by atoms with Gasteiger partial charge in [-0.05, 0) is 40.4 Å². The fourth-order valence-electron chi connectivity index (χ4n) is 1.87. The first-order chi connectivity index (χ1) is 12.0. The minimum Gasteiger partial charge on any atom is -0.496 e. The van der Waals surface area contributed by atoms with Crippen molar-refractivity contribution in [2.45, 2.75) is 73.1 Å². The molecule has 0 radical (unpaired) electrons. The van der Waals surface area contributed by atoms with Crippen molar-refractivity contribution in [3.63, 3.8) is 0 Å². The number of hydrogen-bond acceptors (Lipinski definition) is 4. The summed E-state index contributed by atoms with van der Waals surface area (Å²) in [5, 5.41) is 22.4. The molecular formula is C22H44O4. The van der Waals surface area contributed by atoms with Crippen LogP contribution in [0.2, 0.25) is 0 Å². The van der Waals surface area contributed by atoms with Crippen LogP contribution in [0.25, 0.3) is 0 Å². The van der Waals surface area contributed by atoms with Gasteiger partial charge in [0.2, 0.25) is 0 Å². The number of methoxy groups -OCH3 is 1. The summed E-state index contributed by atoms with van der Waals surface area (Å²) in [4.78, 5) is 0. The molecule has 0 aromatic heterocycles. The van der Waals surface area contributed by atoms with E-state index in [0.29, 0.717) is 5.92 Å². The first kappa shape index (κ1) is 29.7. The third kappa shape index (κ3) is 13.2. The van der Waals surface area contributed by atoms with Crippen LogP contribution in [0.5, 0.6) is 5.75 Å². The van der Waals surface area contributed by atoms with Gasteiger partial charge in [0, 0.05) is 20.8 Å². The van der Waals surface area contributed by atoms with E-state index in [4.69, 9.17) is 20.1 Å². The summed E-state index contributed by atoms with van der Waals surface area (Å²) in [6, 6.07) is 6.63. The Morgan fingerprint density at radius 2 is 1.38 bits per heavy atom. The van der Waals surface area contributed by atoms with Gasteiger partial charge in [-0.2, -0.15) is 0 Å². The average Bonchev–Trinajstić information content (AvgIpc) is 2.63. The summed E-state index contributed by atoms with van der Waals surface area (Å²) >= 11 is 0. The smallest absolute Gasteiger partial charge is 0.122 e. The maximum absolute atomic E-state index is 8.40. The highest BCUT2D eigenvalue weighted by Crippen LogP contribution is 2.34. The van der Waals surface area contributed by atoms with Crippen LogP contribution in [-0.2, 0) is 5.41 Å². The minimum absolute atomic E-state index is 0.0972. The molecule has 0 heterocycles. The lowest BCUT2D eigenvalue weighted by Crippen LogP contribution is -2.13. The fourth-order valence-corrected chi connectivity index (χ4v) is 1.87. The Kier molecular flexibility index (Phi) is 17.1. The molecule has 1 unspecified atom stereocenters. The van der Waals surface area contributed by atoms with Gasteiger partial charge in [-0.25, -0.2) is 0 Å². The molecule has 0 aliphatic carbocycles. The molecule has 26 heavy (non-hydrogen) atoms. The van der Waals surface area contributed by atoms with Crippen LogP contribution in [0.1, 0.15) is 78.9 Å². The van der Waals surface area contributed by atoms with Crippen molar-refractivity contribution in [3.05, 3.63) is 29.3 Å². The van der Waals surface area contributed by atoms with E-state index in [1.165, 1.54) is 11.1 Å². The van der Waals surface area contributed by atoms with Gasteiger partial charge < -0.3 is 20.1 Å². The summed E-state index contributed by atoms with van der Waals surface area (Å²) in [7, 11) is 3.75. The van der Waals surface area contributed by atoms with Crippen LogP contribution < -0.4 is 4.74 Å². The number of rotatable bonds is 3. The molecule has 3 N–H and O–H groups in total. The Hall–Kier alpha value is -1.10. The largest absolute Gasteiger partial charge is 0.496 e. The predicted octanol–water partition coefficient (Wildman–Crippen LogP) is 4.75. The Balaban J connectivity index is -0.000000445. The van der Waals surface area contributed by atoms with Crippen molar-refractivity contribution in [2.75, 3.05) is 27.9 Å². The number of hydrogen-bond donors (Lipinski definition) is 3. The molecule has 0 spiro atoms. The maximum atomic E-state index is 8.40. The summed E-state index contributed by atoms with van der Waals surface area (Å²) in [6.45, 7) is 17.4. The normalized spacial score (nSPS) is 11.6. The van der Waals surface area contributed by atoms with Crippen molar-refractivity contribution in [2.24, 2.45) is 5.41 Å². The Morgan fingerprint density at radius 1 is 0.962 bits per heavy atom. The zero-order valence-electron chi connectivity index (χ0n) is 19.0. The predicted molar refractivity (Wildman–Crippen MR) is 113 cm³/mol. The van der Waals surface area contributed by atoms with Crippen molar-refractivity contribution in [3.8, 4) is 5.75 Å². The molecule has 156 valence electrons. The fraction of sp³-hybridized carbons (Fsp3) is 0.727. The van der Waals surface area contributed by atoms with E-state index in [0.717, 1.165) is 26.4 Å². The Bertz CT molecular complexity index is 442. The van der Waals surface area contributed by atoms with Gasteiger partial charge in [0.25, 0.3) is 0 Å². The summed E-state index contributed by atoms with van der Waals surface area (Å²) < 4.78 is 5.51. The molecule has 0 saturated heterocycles. The van der Waals surface area contributed by atoms with Crippen LogP contribution in [-0.4, -0.2) is 43.3 Å². The molecule has 0 aliphatic heterocycles. The second-order valence-corrected chi connectivity index (χ2v) is 8.24. The SMILES string of the molecule is CC(C)(C)CO.CCC(C)c1ccc(C(C)(C)C)c(OC)c1.CO.CO. The summed E-state index contributed by atoms with van der Waals surface area (Å²) in [5.41, 5.74) is 2.88. The highest BCUT2D eigenvalue weighted by molar-refractivity contribution is 5.42. The second-order valence-electron chi connectivity index (χ2n) is 8.24. The van der Waals surface area contributed by atoms with Crippen LogP contribution >= 0.6 is 0 Å². The quantitative estimate of drug-likeness (QED) is 0.716. The van der Waals surface area contributed by atoms with Crippen molar-refractivity contribution < 1.29 is 20.1 Å². The highest BCUT2D eigenvalue weighted by Gasteiger charge is 2.19. The average molecular weight is 373 g/mol. The first-order valence-corrected chi connectivity index (χ1v) is 9.15. The third-order valence-electron chi connectivity index (χ3n) is 3.69. The van der Waals surface area contributed by atoms with Crippen molar-refractivity contribution >= 4 is 0 Å². The number of aliphatic hydroxyl groups is 3. The maximum Gasteiger partial charge on any atom is 0.122 e. The van der Waals surface area contributed by atoms with E-state index in [9.17, 15) is 0 Å². The summed E-state index contributed by atoms with van der Waals surface area (Å²) in [6.07, 6.45) is 1.16. The third-order valence-corrected chi connectivity index (χ3v) is 3.69. The lowest BCUT2D eigenvalue weighted by Gasteiger charge is -2.23. The van der Waals surface area contributed by atoms with E-state index in [2.05, 4.69) is 52.8 Å². The molecule has 4 nitrogen and oxygen atoms in total. The highest BCUT2D eigenvalue weighted by atomic mass is 16.5. The molecule has 1 atom stereocenters. The van der Waals surface area contributed by atoms with Gasteiger partial charge in [-0.15, -0.1) is 0 Å². The molecule has 4 heteroatoms. The van der Waals surface area contributed by atoms with Crippen molar-refractivity contribution in [1.82, 2.24) is 0 Å². The summed E-state index contributed by atoms with van der Waals surface area (Å²) in [5.74, 6) is 1.62. The van der Waals surface area contributed by atoms with Crippen molar-refractivity contribution in [1.29, 1.82) is 0 Å². The lowest BCUT2D eigenvalue weighted by molar-refractivity contribution is 0.177.